The number of rotatable bonds is 5. The summed E-state index contributed by atoms with van der Waals surface area (Å²) in [6, 6.07) is 7.29. The number of benzene rings is 1. The molecule has 0 saturated carbocycles. The molecule has 2 bridgehead atoms. The molecule has 0 aliphatic carbocycles. The molecule has 4 nitrogen and oxygen atoms in total. The van der Waals surface area contributed by atoms with Crippen LogP contribution in [-0.4, -0.2) is 31.9 Å². The van der Waals surface area contributed by atoms with Gasteiger partial charge in [0.15, 0.2) is 0 Å². The van der Waals surface area contributed by atoms with E-state index in [1.165, 1.54) is 17.3 Å². The van der Waals surface area contributed by atoms with Crippen LogP contribution in [0.2, 0.25) is 0 Å². The monoisotopic (exact) mass is 357 g/mol. The number of halogens is 1. The lowest BCUT2D eigenvalue weighted by molar-refractivity contribution is -0.0616. The van der Waals surface area contributed by atoms with Gasteiger partial charge in [-0.1, -0.05) is 25.1 Å². The Hall–Kier alpha value is -1.72. The van der Waals surface area contributed by atoms with Crippen LogP contribution in [0.4, 0.5) is 4.39 Å². The fourth-order valence-electron chi connectivity index (χ4n) is 4.91. The van der Waals surface area contributed by atoms with E-state index in [0.717, 1.165) is 32.4 Å². The Morgan fingerprint density at radius 1 is 1.23 bits per heavy atom. The van der Waals surface area contributed by atoms with Gasteiger partial charge in [-0.2, -0.15) is 5.10 Å². The highest BCUT2D eigenvalue weighted by atomic mass is 19.1. The zero-order chi connectivity index (χ0) is 18.3. The van der Waals surface area contributed by atoms with Crippen molar-refractivity contribution < 1.29 is 9.50 Å². The van der Waals surface area contributed by atoms with Gasteiger partial charge in [-0.25, -0.2) is 4.39 Å². The largest absolute Gasteiger partial charge is 0.385 e. The van der Waals surface area contributed by atoms with E-state index in [2.05, 4.69) is 28.5 Å². The molecule has 1 aromatic carbocycles. The highest BCUT2D eigenvalue weighted by Crippen LogP contribution is 2.46. The molecule has 2 atom stereocenters. The topological polar surface area (TPSA) is 41.3 Å². The summed E-state index contributed by atoms with van der Waals surface area (Å²) in [5.74, 6) is -0.292. The first-order valence-corrected chi connectivity index (χ1v) is 9.76. The predicted octanol–water partition coefficient (Wildman–Crippen LogP) is 3.76. The lowest BCUT2D eigenvalue weighted by atomic mass is 9.80. The van der Waals surface area contributed by atoms with Gasteiger partial charge in [-0.15, -0.1) is 0 Å². The van der Waals surface area contributed by atoms with Crippen molar-refractivity contribution in [2.75, 3.05) is 0 Å². The number of nitrogens with zero attached hydrogens (tertiary/aromatic N) is 3. The third-order valence-electron chi connectivity index (χ3n) is 6.29. The van der Waals surface area contributed by atoms with Gasteiger partial charge in [0.2, 0.25) is 0 Å². The van der Waals surface area contributed by atoms with Gasteiger partial charge in [0.05, 0.1) is 11.8 Å². The second kappa shape index (κ2) is 6.78. The zero-order valence-electron chi connectivity index (χ0n) is 15.7. The molecule has 4 rings (SSSR count). The highest BCUT2D eigenvalue weighted by molar-refractivity contribution is 5.27. The molecule has 3 heterocycles. The number of hydrogen-bond donors (Lipinski definition) is 1. The van der Waals surface area contributed by atoms with Crippen LogP contribution in [0.25, 0.3) is 0 Å². The van der Waals surface area contributed by atoms with Crippen molar-refractivity contribution in [2.45, 2.75) is 76.7 Å². The number of aliphatic hydroxyl groups is 1. The van der Waals surface area contributed by atoms with Gasteiger partial charge in [0.25, 0.3) is 0 Å². The normalized spacial score (nSPS) is 28.6. The van der Waals surface area contributed by atoms with Crippen molar-refractivity contribution in [3.05, 3.63) is 53.1 Å². The van der Waals surface area contributed by atoms with E-state index in [-0.39, 0.29) is 5.82 Å². The Morgan fingerprint density at radius 2 is 1.92 bits per heavy atom. The zero-order valence-corrected chi connectivity index (χ0v) is 15.7. The first-order valence-electron chi connectivity index (χ1n) is 9.76. The summed E-state index contributed by atoms with van der Waals surface area (Å²) >= 11 is 0. The van der Waals surface area contributed by atoms with E-state index < -0.39 is 5.60 Å². The minimum atomic E-state index is -1.05. The Balaban J connectivity index is 1.53. The minimum absolute atomic E-state index is 0.292. The average Bonchev–Trinajstić information content (AvgIpc) is 3.07. The first-order chi connectivity index (χ1) is 12.5. The number of piperidine rings is 1. The van der Waals surface area contributed by atoms with Crippen molar-refractivity contribution in [1.82, 2.24) is 14.7 Å². The highest BCUT2D eigenvalue weighted by Gasteiger charge is 2.49. The van der Waals surface area contributed by atoms with E-state index in [4.69, 9.17) is 0 Å². The minimum Gasteiger partial charge on any atom is -0.385 e. The van der Waals surface area contributed by atoms with Crippen molar-refractivity contribution in [3.63, 3.8) is 0 Å². The average molecular weight is 357 g/mol. The van der Waals surface area contributed by atoms with E-state index in [1.54, 1.807) is 12.1 Å². The van der Waals surface area contributed by atoms with E-state index in [9.17, 15) is 9.50 Å². The summed E-state index contributed by atoms with van der Waals surface area (Å²) in [6.07, 6.45) is 6.42. The summed E-state index contributed by atoms with van der Waals surface area (Å²) in [6.45, 7) is 6.12. The Bertz CT molecular complexity index is 773. The second-order valence-corrected chi connectivity index (χ2v) is 7.96. The van der Waals surface area contributed by atoms with Gasteiger partial charge >= 0.3 is 0 Å². The summed E-state index contributed by atoms with van der Waals surface area (Å²) in [4.78, 5) is 2.51. The maximum absolute atomic E-state index is 14.3. The second-order valence-electron chi connectivity index (χ2n) is 7.96. The number of fused-ring (bicyclic) bond motifs is 2. The van der Waals surface area contributed by atoms with E-state index in [1.807, 2.05) is 12.3 Å². The third-order valence-corrected chi connectivity index (χ3v) is 6.29. The lowest BCUT2D eigenvalue weighted by Gasteiger charge is -2.44. The number of aryl methyl sites for hydroxylation is 1. The summed E-state index contributed by atoms with van der Waals surface area (Å²) in [7, 11) is 0. The van der Waals surface area contributed by atoms with Crippen LogP contribution in [0, 0.1) is 12.7 Å². The first kappa shape index (κ1) is 17.7. The van der Waals surface area contributed by atoms with E-state index >= 15 is 0 Å². The van der Waals surface area contributed by atoms with Crippen LogP contribution in [0.3, 0.4) is 0 Å². The molecule has 2 aliphatic rings. The summed E-state index contributed by atoms with van der Waals surface area (Å²) in [5.41, 5.74) is 1.92. The lowest BCUT2D eigenvalue weighted by Crippen LogP contribution is -2.49. The van der Waals surface area contributed by atoms with Crippen LogP contribution in [-0.2, 0) is 18.7 Å². The number of hydrogen-bond acceptors (Lipinski definition) is 3. The molecule has 0 amide bonds. The molecule has 1 aromatic heterocycles. The van der Waals surface area contributed by atoms with Crippen LogP contribution < -0.4 is 0 Å². The maximum Gasteiger partial charge on any atom is 0.129 e. The van der Waals surface area contributed by atoms with E-state index in [0.29, 0.717) is 30.5 Å². The molecule has 0 radical (unpaired) electrons. The van der Waals surface area contributed by atoms with Crippen molar-refractivity contribution >= 4 is 0 Å². The SMILES string of the molecule is CCCn1ncc(CN2C3CCC2CC(O)(c2ccccc2F)C3)c1C. The Kier molecular flexibility index (Phi) is 4.61. The standard InChI is InChI=1S/C21H28FN3O/c1-3-10-25-15(2)16(13-23-25)14-24-17-8-9-18(24)12-21(26,11-17)19-6-4-5-7-20(19)22/h4-7,13,17-18,26H,3,8-12,14H2,1-2H3. The molecule has 2 aliphatic heterocycles. The number of aromatic nitrogens is 2. The Labute approximate surface area is 154 Å². The van der Waals surface area contributed by atoms with Gasteiger partial charge in [0, 0.05) is 42.0 Å². The summed E-state index contributed by atoms with van der Waals surface area (Å²) < 4.78 is 16.4. The Morgan fingerprint density at radius 3 is 2.58 bits per heavy atom. The summed E-state index contributed by atoms with van der Waals surface area (Å²) in [5, 5.41) is 15.8. The molecule has 2 aromatic rings. The molecule has 5 heteroatoms. The molecule has 2 unspecified atom stereocenters. The van der Waals surface area contributed by atoms with Gasteiger partial charge in [-0.05, 0) is 45.1 Å². The molecular formula is C21H28FN3O. The quantitative estimate of drug-likeness (QED) is 0.886. The van der Waals surface area contributed by atoms with Crippen LogP contribution in [0.1, 0.15) is 55.8 Å². The maximum atomic E-state index is 14.3. The fraction of sp³-hybridized carbons (Fsp3) is 0.571. The smallest absolute Gasteiger partial charge is 0.129 e. The van der Waals surface area contributed by atoms with Crippen LogP contribution in [0.15, 0.2) is 30.5 Å². The molecule has 1 N–H and O–H groups in total. The predicted molar refractivity (Wildman–Crippen MR) is 99.1 cm³/mol. The van der Waals surface area contributed by atoms with Gasteiger partial charge < -0.3 is 5.11 Å². The molecule has 26 heavy (non-hydrogen) atoms. The molecular weight excluding hydrogens is 329 g/mol. The third kappa shape index (κ3) is 2.97. The molecule has 2 saturated heterocycles. The van der Waals surface area contributed by atoms with Crippen LogP contribution >= 0.6 is 0 Å². The van der Waals surface area contributed by atoms with Crippen molar-refractivity contribution in [2.24, 2.45) is 0 Å². The van der Waals surface area contributed by atoms with Gasteiger partial charge in [0.1, 0.15) is 5.82 Å². The fourth-order valence-corrected chi connectivity index (χ4v) is 4.91. The molecule has 140 valence electrons. The molecule has 0 spiro atoms. The van der Waals surface area contributed by atoms with Crippen molar-refractivity contribution in [3.8, 4) is 0 Å². The van der Waals surface area contributed by atoms with Crippen molar-refractivity contribution in [1.29, 1.82) is 0 Å². The van der Waals surface area contributed by atoms with Crippen LogP contribution in [0.5, 0.6) is 0 Å². The van der Waals surface area contributed by atoms with Gasteiger partial charge in [-0.3, -0.25) is 9.58 Å². The molecule has 2 fully saturated rings.